The van der Waals surface area contributed by atoms with Crippen LogP contribution < -0.4 is 16.0 Å². The highest BCUT2D eigenvalue weighted by Gasteiger charge is 2.39. The molecule has 1 aromatic carbocycles. The fourth-order valence-electron chi connectivity index (χ4n) is 4.32. The molecule has 0 unspecified atom stereocenters. The Hall–Kier alpha value is -3.96. The van der Waals surface area contributed by atoms with Crippen molar-refractivity contribution in [3.63, 3.8) is 0 Å². The number of benzene rings is 1. The Bertz CT molecular complexity index is 1380. The molecule has 1 saturated heterocycles. The molecule has 0 aliphatic carbocycles. The first-order valence-electron chi connectivity index (χ1n) is 11.1. The number of aromatic nitrogens is 1. The van der Waals surface area contributed by atoms with Gasteiger partial charge in [0.25, 0.3) is 17.7 Å². The van der Waals surface area contributed by atoms with Gasteiger partial charge in [-0.2, -0.15) is 0 Å². The van der Waals surface area contributed by atoms with Crippen molar-refractivity contribution in [1.82, 2.24) is 14.8 Å². The molecule has 3 aromatic rings. The maximum atomic E-state index is 13.2. The Kier molecular flexibility index (Phi) is 6.33. The molecule has 36 heavy (non-hydrogen) atoms. The first kappa shape index (κ1) is 23.8. The lowest BCUT2D eigenvalue weighted by Crippen LogP contribution is -2.52. The van der Waals surface area contributed by atoms with Crippen molar-refractivity contribution < 1.29 is 19.2 Å². The Morgan fingerprint density at radius 1 is 1.06 bits per heavy atom. The van der Waals surface area contributed by atoms with Gasteiger partial charge in [-0.1, -0.05) is 17.7 Å². The number of thiophene rings is 1. The Morgan fingerprint density at radius 3 is 2.53 bits per heavy atom. The van der Waals surface area contributed by atoms with E-state index in [1.807, 2.05) is 6.07 Å². The van der Waals surface area contributed by atoms with Crippen molar-refractivity contribution in [3.05, 3.63) is 69.1 Å². The summed E-state index contributed by atoms with van der Waals surface area (Å²) in [7, 11) is 0. The summed E-state index contributed by atoms with van der Waals surface area (Å²) in [6, 6.07) is 9.64. The highest BCUT2D eigenvalue weighted by molar-refractivity contribution is 7.18. The van der Waals surface area contributed by atoms with E-state index < -0.39 is 17.7 Å². The molecule has 0 saturated carbocycles. The van der Waals surface area contributed by atoms with Gasteiger partial charge < -0.3 is 20.9 Å². The minimum Gasteiger partial charge on any atom is -0.396 e. The molecule has 4 amide bonds. The molecule has 3 N–H and O–H groups in total. The Morgan fingerprint density at radius 2 is 1.83 bits per heavy atom. The van der Waals surface area contributed by atoms with E-state index in [4.69, 9.17) is 17.3 Å². The van der Waals surface area contributed by atoms with Crippen LogP contribution in [0.5, 0.6) is 0 Å². The SMILES string of the molecule is Nc1cnccc1N1CCN(C(=O)CN2C(=O)c3cccc(NC(=O)c4ccc(Cl)s4)c3C2=O)CC1. The fraction of sp³-hybridized carbons (Fsp3) is 0.208. The highest BCUT2D eigenvalue weighted by atomic mass is 35.5. The molecule has 0 radical (unpaired) electrons. The van der Waals surface area contributed by atoms with Crippen LogP contribution in [0.25, 0.3) is 0 Å². The van der Waals surface area contributed by atoms with E-state index in [1.165, 1.54) is 6.07 Å². The lowest BCUT2D eigenvalue weighted by Gasteiger charge is -2.36. The van der Waals surface area contributed by atoms with Gasteiger partial charge in [-0.25, -0.2) is 0 Å². The molecule has 2 aromatic heterocycles. The van der Waals surface area contributed by atoms with Gasteiger partial charge in [0, 0.05) is 32.4 Å². The average molecular weight is 525 g/mol. The monoisotopic (exact) mass is 524 g/mol. The zero-order chi connectivity index (χ0) is 25.4. The summed E-state index contributed by atoms with van der Waals surface area (Å²) < 4.78 is 0.458. The number of amides is 4. The van der Waals surface area contributed by atoms with E-state index in [0.29, 0.717) is 41.1 Å². The number of pyridine rings is 1. The van der Waals surface area contributed by atoms with Gasteiger partial charge in [0.05, 0.1) is 43.6 Å². The van der Waals surface area contributed by atoms with Gasteiger partial charge in [-0.15, -0.1) is 11.3 Å². The first-order chi connectivity index (χ1) is 17.3. The largest absolute Gasteiger partial charge is 0.396 e. The maximum Gasteiger partial charge on any atom is 0.265 e. The Balaban J connectivity index is 1.26. The zero-order valence-corrected chi connectivity index (χ0v) is 20.5. The van der Waals surface area contributed by atoms with E-state index in [9.17, 15) is 19.2 Å². The van der Waals surface area contributed by atoms with E-state index in [0.717, 1.165) is 21.9 Å². The van der Waals surface area contributed by atoms with E-state index in [1.54, 1.807) is 41.6 Å². The summed E-state index contributed by atoms with van der Waals surface area (Å²) in [6.07, 6.45) is 3.25. The van der Waals surface area contributed by atoms with Crippen molar-refractivity contribution in [2.24, 2.45) is 0 Å². The molecule has 2 aliphatic heterocycles. The second-order valence-electron chi connectivity index (χ2n) is 8.28. The predicted molar refractivity (Wildman–Crippen MR) is 137 cm³/mol. The van der Waals surface area contributed by atoms with Crippen LogP contribution in [-0.2, 0) is 4.79 Å². The first-order valence-corrected chi connectivity index (χ1v) is 12.3. The number of carbonyl (C=O) groups is 4. The lowest BCUT2D eigenvalue weighted by molar-refractivity contribution is -0.131. The molecule has 184 valence electrons. The average Bonchev–Trinajstić information content (AvgIpc) is 3.42. The van der Waals surface area contributed by atoms with Crippen LogP contribution in [0.15, 0.2) is 48.8 Å². The molecule has 4 heterocycles. The third-order valence-electron chi connectivity index (χ3n) is 6.14. The molecule has 5 rings (SSSR count). The summed E-state index contributed by atoms with van der Waals surface area (Å²) in [4.78, 5) is 60.7. The van der Waals surface area contributed by atoms with Crippen molar-refractivity contribution in [1.29, 1.82) is 0 Å². The van der Waals surface area contributed by atoms with Crippen LogP contribution in [0.4, 0.5) is 17.1 Å². The maximum absolute atomic E-state index is 13.2. The van der Waals surface area contributed by atoms with Gasteiger partial charge >= 0.3 is 0 Å². The van der Waals surface area contributed by atoms with Gasteiger partial charge in [0.15, 0.2) is 0 Å². The quantitative estimate of drug-likeness (QED) is 0.491. The number of piperazine rings is 1. The van der Waals surface area contributed by atoms with E-state index in [-0.39, 0.29) is 29.3 Å². The van der Waals surface area contributed by atoms with Crippen LogP contribution in [0.2, 0.25) is 4.34 Å². The van der Waals surface area contributed by atoms with Crippen molar-refractivity contribution in [2.45, 2.75) is 0 Å². The fourth-order valence-corrected chi connectivity index (χ4v) is 5.26. The van der Waals surface area contributed by atoms with Crippen molar-refractivity contribution in [3.8, 4) is 0 Å². The van der Waals surface area contributed by atoms with E-state index >= 15 is 0 Å². The van der Waals surface area contributed by atoms with Gasteiger partial charge in [-0.05, 0) is 30.3 Å². The van der Waals surface area contributed by atoms with E-state index in [2.05, 4.69) is 15.2 Å². The van der Waals surface area contributed by atoms with Gasteiger partial charge in [-0.3, -0.25) is 29.1 Å². The molecule has 10 nitrogen and oxygen atoms in total. The normalized spacial score (nSPS) is 15.3. The number of nitrogen functional groups attached to an aromatic ring is 1. The zero-order valence-electron chi connectivity index (χ0n) is 18.9. The number of hydrogen-bond acceptors (Lipinski definition) is 8. The second-order valence-corrected chi connectivity index (χ2v) is 10.00. The topological polar surface area (TPSA) is 129 Å². The lowest BCUT2D eigenvalue weighted by atomic mass is 10.1. The van der Waals surface area contributed by atoms with Crippen LogP contribution in [0.3, 0.4) is 0 Å². The number of fused-ring (bicyclic) bond motifs is 1. The van der Waals surface area contributed by atoms with Crippen LogP contribution in [0.1, 0.15) is 30.4 Å². The molecule has 0 spiro atoms. The molecule has 0 bridgehead atoms. The molecule has 12 heteroatoms. The van der Waals surface area contributed by atoms with Crippen LogP contribution >= 0.6 is 22.9 Å². The van der Waals surface area contributed by atoms with Crippen LogP contribution in [0, 0.1) is 0 Å². The van der Waals surface area contributed by atoms with Crippen molar-refractivity contribution in [2.75, 3.05) is 48.7 Å². The minimum absolute atomic E-state index is 0.0734. The summed E-state index contributed by atoms with van der Waals surface area (Å²) >= 11 is 7.01. The summed E-state index contributed by atoms with van der Waals surface area (Å²) in [5.74, 6) is -1.96. The predicted octanol–water partition coefficient (Wildman–Crippen LogP) is 2.58. The molecular formula is C24H21ClN6O4S. The summed E-state index contributed by atoms with van der Waals surface area (Å²) in [5.41, 5.74) is 7.85. The van der Waals surface area contributed by atoms with Crippen molar-refractivity contribution >= 4 is 63.6 Å². The summed E-state index contributed by atoms with van der Waals surface area (Å²) in [6.45, 7) is 1.59. The van der Waals surface area contributed by atoms with Gasteiger partial charge in [0.1, 0.15) is 6.54 Å². The number of imide groups is 1. The Labute approximate surface area is 215 Å². The molecule has 2 aliphatic rings. The van der Waals surface area contributed by atoms with Gasteiger partial charge in [0.2, 0.25) is 5.91 Å². The number of rotatable bonds is 5. The number of anilines is 3. The number of hydrogen-bond donors (Lipinski definition) is 2. The molecular weight excluding hydrogens is 504 g/mol. The number of halogens is 1. The number of nitrogens with two attached hydrogens (primary N) is 1. The standard InChI is InChI=1S/C24H21ClN6O4S/c25-19-5-4-18(36-19)22(33)28-16-3-1-2-14-21(16)24(35)31(23(14)34)13-20(32)30-10-8-29(9-11-30)17-6-7-27-12-15(17)26/h1-7,12H,8-11,13,26H2,(H,28,33). The summed E-state index contributed by atoms with van der Waals surface area (Å²) in [5, 5.41) is 2.68. The molecule has 1 fully saturated rings. The number of nitrogens with one attached hydrogen (secondary N) is 1. The third kappa shape index (κ3) is 4.38. The second kappa shape index (κ2) is 9.59. The van der Waals surface area contributed by atoms with Crippen LogP contribution in [-0.4, -0.2) is 71.1 Å². The number of carbonyl (C=O) groups excluding carboxylic acids is 4. The third-order valence-corrected chi connectivity index (χ3v) is 7.37. The smallest absolute Gasteiger partial charge is 0.265 e. The minimum atomic E-state index is -0.619. The highest BCUT2D eigenvalue weighted by Crippen LogP contribution is 2.31. The number of nitrogens with zero attached hydrogens (tertiary/aromatic N) is 4. The molecule has 0 atom stereocenters.